The van der Waals surface area contributed by atoms with E-state index in [1.54, 1.807) is 0 Å². The van der Waals surface area contributed by atoms with Crippen LogP contribution in [0.1, 0.15) is 37.9 Å². The number of hydrogen-bond donors (Lipinski definition) is 2. The summed E-state index contributed by atoms with van der Waals surface area (Å²) >= 11 is 0. The Balaban J connectivity index is 2.48. The number of carbonyl (C=O) groups is 1. The smallest absolute Gasteiger partial charge is 0.245 e. The van der Waals surface area contributed by atoms with E-state index in [0.717, 1.165) is 12.0 Å². The molecule has 1 unspecified atom stereocenters. The van der Waals surface area contributed by atoms with Gasteiger partial charge in [-0.2, -0.15) is 5.48 Å². The van der Waals surface area contributed by atoms with E-state index in [1.807, 2.05) is 6.92 Å². The van der Waals surface area contributed by atoms with E-state index in [-0.39, 0.29) is 12.6 Å². The van der Waals surface area contributed by atoms with Gasteiger partial charge in [0.15, 0.2) is 0 Å². The molecular formula is C14H22N2O2. The molecule has 3 N–H and O–H groups in total. The molecule has 0 aliphatic rings. The van der Waals surface area contributed by atoms with E-state index in [1.165, 1.54) is 5.56 Å². The zero-order valence-corrected chi connectivity index (χ0v) is 11.3. The number of nitrogens with two attached hydrogens (primary N) is 1. The second-order valence-corrected chi connectivity index (χ2v) is 4.93. The Kier molecular flexibility index (Phi) is 5.82. The lowest BCUT2D eigenvalue weighted by Crippen LogP contribution is -2.26. The topological polar surface area (TPSA) is 64.3 Å². The first-order valence-electron chi connectivity index (χ1n) is 6.23. The van der Waals surface area contributed by atoms with Crippen molar-refractivity contribution in [2.75, 3.05) is 6.61 Å². The summed E-state index contributed by atoms with van der Waals surface area (Å²) in [5.41, 5.74) is 10.2. The van der Waals surface area contributed by atoms with Crippen molar-refractivity contribution in [3.8, 4) is 0 Å². The lowest BCUT2D eigenvalue weighted by Gasteiger charge is -2.14. The first-order valence-corrected chi connectivity index (χ1v) is 6.23. The zero-order valence-electron chi connectivity index (χ0n) is 11.3. The van der Waals surface area contributed by atoms with Crippen molar-refractivity contribution in [3.05, 3.63) is 35.4 Å². The maximum absolute atomic E-state index is 10.5. The van der Waals surface area contributed by atoms with Gasteiger partial charge in [0.25, 0.3) is 0 Å². The van der Waals surface area contributed by atoms with Crippen LogP contribution in [0, 0.1) is 5.92 Å². The minimum absolute atomic E-state index is 0.0254. The molecule has 0 fully saturated rings. The van der Waals surface area contributed by atoms with Crippen LogP contribution >= 0.6 is 0 Å². The largest absolute Gasteiger partial charge is 0.368 e. The predicted octanol–water partition coefficient (Wildman–Crippen LogP) is 1.95. The highest BCUT2D eigenvalue weighted by Crippen LogP contribution is 2.15. The molecule has 1 atom stereocenters. The van der Waals surface area contributed by atoms with Crippen LogP contribution in [0.4, 0.5) is 0 Å². The van der Waals surface area contributed by atoms with Gasteiger partial charge in [0.05, 0.1) is 6.04 Å². The molecule has 1 amide bonds. The van der Waals surface area contributed by atoms with Gasteiger partial charge in [-0.1, -0.05) is 38.1 Å². The Hall–Kier alpha value is -1.39. The molecule has 0 aliphatic carbocycles. The van der Waals surface area contributed by atoms with Gasteiger partial charge in [-0.05, 0) is 30.4 Å². The van der Waals surface area contributed by atoms with E-state index in [2.05, 4.69) is 43.6 Å². The highest BCUT2D eigenvalue weighted by molar-refractivity contribution is 5.74. The predicted molar refractivity (Wildman–Crippen MR) is 71.7 cm³/mol. The number of primary amides is 1. The van der Waals surface area contributed by atoms with Gasteiger partial charge in [-0.15, -0.1) is 0 Å². The van der Waals surface area contributed by atoms with Crippen molar-refractivity contribution in [2.45, 2.75) is 33.2 Å². The van der Waals surface area contributed by atoms with Gasteiger partial charge in [0.1, 0.15) is 6.61 Å². The lowest BCUT2D eigenvalue weighted by molar-refractivity contribution is -0.126. The van der Waals surface area contributed by atoms with Crippen LogP contribution in [0.5, 0.6) is 0 Å². The van der Waals surface area contributed by atoms with Gasteiger partial charge in [0.2, 0.25) is 5.91 Å². The molecule has 0 spiro atoms. The molecule has 0 saturated heterocycles. The molecule has 0 heterocycles. The molecule has 1 aromatic carbocycles. The number of carbonyl (C=O) groups excluding carboxylic acids is 1. The number of amides is 1. The van der Waals surface area contributed by atoms with E-state index >= 15 is 0 Å². The van der Waals surface area contributed by atoms with Crippen molar-refractivity contribution >= 4 is 5.91 Å². The van der Waals surface area contributed by atoms with E-state index < -0.39 is 5.91 Å². The summed E-state index contributed by atoms with van der Waals surface area (Å²) in [6.07, 6.45) is 1.08. The van der Waals surface area contributed by atoms with Crippen LogP contribution in [0.2, 0.25) is 0 Å². The van der Waals surface area contributed by atoms with Crippen LogP contribution in [0.3, 0.4) is 0 Å². The molecule has 0 saturated carbocycles. The third-order valence-corrected chi connectivity index (χ3v) is 2.60. The summed E-state index contributed by atoms with van der Waals surface area (Å²) in [6.45, 7) is 6.26. The SMILES string of the molecule is CC(C)Cc1ccc(C(C)NOCC(N)=O)cc1. The summed E-state index contributed by atoms with van der Waals surface area (Å²) in [4.78, 5) is 15.5. The van der Waals surface area contributed by atoms with Crippen molar-refractivity contribution in [1.82, 2.24) is 5.48 Å². The second-order valence-electron chi connectivity index (χ2n) is 4.93. The van der Waals surface area contributed by atoms with Gasteiger partial charge in [-0.3, -0.25) is 9.63 Å². The van der Waals surface area contributed by atoms with E-state index in [0.29, 0.717) is 5.92 Å². The molecule has 0 aliphatic heterocycles. The Morgan fingerprint density at radius 2 is 1.89 bits per heavy atom. The summed E-state index contributed by atoms with van der Waals surface area (Å²) in [5, 5.41) is 0. The molecule has 0 aromatic heterocycles. The number of nitrogens with one attached hydrogen (secondary N) is 1. The fourth-order valence-electron chi connectivity index (χ4n) is 1.72. The summed E-state index contributed by atoms with van der Waals surface area (Å²) < 4.78 is 0. The van der Waals surface area contributed by atoms with Crippen LogP contribution in [0.25, 0.3) is 0 Å². The zero-order chi connectivity index (χ0) is 13.5. The lowest BCUT2D eigenvalue weighted by atomic mass is 10.0. The Labute approximate surface area is 108 Å². The maximum Gasteiger partial charge on any atom is 0.245 e. The normalized spacial score (nSPS) is 12.7. The van der Waals surface area contributed by atoms with Crippen molar-refractivity contribution in [2.24, 2.45) is 11.7 Å². The maximum atomic E-state index is 10.5. The van der Waals surface area contributed by atoms with Crippen molar-refractivity contribution in [1.29, 1.82) is 0 Å². The van der Waals surface area contributed by atoms with Crippen LogP contribution in [0.15, 0.2) is 24.3 Å². The third-order valence-electron chi connectivity index (χ3n) is 2.60. The number of rotatable bonds is 7. The molecule has 4 nitrogen and oxygen atoms in total. The van der Waals surface area contributed by atoms with Gasteiger partial charge < -0.3 is 5.73 Å². The molecule has 1 aromatic rings. The van der Waals surface area contributed by atoms with Crippen LogP contribution < -0.4 is 11.2 Å². The molecule has 100 valence electrons. The monoisotopic (exact) mass is 250 g/mol. The third kappa shape index (κ3) is 5.29. The molecule has 18 heavy (non-hydrogen) atoms. The molecule has 0 bridgehead atoms. The average Bonchev–Trinajstić information content (AvgIpc) is 2.28. The Morgan fingerprint density at radius 1 is 1.28 bits per heavy atom. The quantitative estimate of drug-likeness (QED) is 0.727. The first kappa shape index (κ1) is 14.7. The number of hydrogen-bond acceptors (Lipinski definition) is 3. The Morgan fingerprint density at radius 3 is 2.39 bits per heavy atom. The summed E-state index contributed by atoms with van der Waals surface area (Å²) in [6, 6.07) is 8.42. The first-order chi connectivity index (χ1) is 8.49. The van der Waals surface area contributed by atoms with E-state index in [4.69, 9.17) is 10.6 Å². The van der Waals surface area contributed by atoms with E-state index in [9.17, 15) is 4.79 Å². The van der Waals surface area contributed by atoms with Gasteiger partial charge in [-0.25, -0.2) is 0 Å². The summed E-state index contributed by atoms with van der Waals surface area (Å²) in [5.74, 6) is 0.173. The molecule has 0 radical (unpaired) electrons. The van der Waals surface area contributed by atoms with Gasteiger partial charge in [0, 0.05) is 0 Å². The summed E-state index contributed by atoms with van der Waals surface area (Å²) in [7, 11) is 0. The standard InChI is InChI=1S/C14H22N2O2/c1-10(2)8-12-4-6-13(7-5-12)11(3)16-18-9-14(15)17/h4-7,10-11,16H,8-9H2,1-3H3,(H2,15,17). The minimum Gasteiger partial charge on any atom is -0.368 e. The van der Waals surface area contributed by atoms with Crippen LogP contribution in [-0.4, -0.2) is 12.5 Å². The van der Waals surface area contributed by atoms with Crippen molar-refractivity contribution in [3.63, 3.8) is 0 Å². The average molecular weight is 250 g/mol. The fraction of sp³-hybridized carbons (Fsp3) is 0.500. The van der Waals surface area contributed by atoms with Gasteiger partial charge >= 0.3 is 0 Å². The fourth-order valence-corrected chi connectivity index (χ4v) is 1.72. The Bertz CT molecular complexity index is 374. The minimum atomic E-state index is -0.484. The molecule has 1 rings (SSSR count). The number of hydroxylamine groups is 1. The molecular weight excluding hydrogens is 228 g/mol. The number of benzene rings is 1. The van der Waals surface area contributed by atoms with Crippen LogP contribution in [-0.2, 0) is 16.1 Å². The highest BCUT2D eigenvalue weighted by Gasteiger charge is 2.06. The highest BCUT2D eigenvalue weighted by atomic mass is 16.6. The molecule has 4 heteroatoms. The van der Waals surface area contributed by atoms with Crippen molar-refractivity contribution < 1.29 is 9.63 Å². The second kappa shape index (κ2) is 7.13.